The van der Waals surface area contributed by atoms with E-state index in [2.05, 4.69) is 27.4 Å². The van der Waals surface area contributed by atoms with Crippen molar-refractivity contribution in [3.05, 3.63) is 36.0 Å². The summed E-state index contributed by atoms with van der Waals surface area (Å²) in [5, 5.41) is 7.51. The van der Waals surface area contributed by atoms with Gasteiger partial charge in [-0.25, -0.2) is 0 Å². The van der Waals surface area contributed by atoms with E-state index in [4.69, 9.17) is 9.26 Å². The molecule has 1 N–H and O–H groups in total. The first-order valence-electron chi connectivity index (χ1n) is 7.85. The molecule has 1 aliphatic rings. The monoisotopic (exact) mass is 370 g/mol. The maximum Gasteiger partial charge on any atom is 0.237 e. The van der Waals surface area contributed by atoms with Crippen molar-refractivity contribution in [2.24, 2.45) is 0 Å². The first kappa shape index (κ1) is 19.1. The Hall–Kier alpha value is -1.28. The van der Waals surface area contributed by atoms with Gasteiger partial charge in [-0.05, 0) is 38.2 Å². The van der Waals surface area contributed by atoms with Gasteiger partial charge in [-0.2, -0.15) is 4.98 Å². The summed E-state index contributed by atoms with van der Waals surface area (Å²) in [6.07, 6.45) is 0. The van der Waals surface area contributed by atoms with E-state index in [0.717, 1.165) is 36.1 Å². The standard InChI is InChI=1S/C16H22N4O2S.ClH/c1-3-21-12-4-6-13(7-5-12)23-11-15-18-16(19-22-15)14-10-17-8-9-20(14)2;/h4-7,14,17H,3,8-11H2,1-2H3;1H. The van der Waals surface area contributed by atoms with Crippen molar-refractivity contribution >= 4 is 24.2 Å². The van der Waals surface area contributed by atoms with E-state index < -0.39 is 0 Å². The molecule has 3 rings (SSSR count). The van der Waals surface area contributed by atoms with Crippen LogP contribution < -0.4 is 10.1 Å². The quantitative estimate of drug-likeness (QED) is 0.784. The van der Waals surface area contributed by atoms with Gasteiger partial charge in [-0.3, -0.25) is 4.90 Å². The molecular formula is C16H23ClN4O2S. The van der Waals surface area contributed by atoms with Crippen LogP contribution in [0.4, 0.5) is 0 Å². The summed E-state index contributed by atoms with van der Waals surface area (Å²) in [5.74, 6) is 3.00. The first-order chi connectivity index (χ1) is 11.3. The number of ether oxygens (including phenoxy) is 1. The highest BCUT2D eigenvalue weighted by Gasteiger charge is 2.25. The molecule has 0 saturated carbocycles. The van der Waals surface area contributed by atoms with Gasteiger partial charge in [0.25, 0.3) is 0 Å². The average molecular weight is 371 g/mol. The molecule has 6 nitrogen and oxygen atoms in total. The number of aromatic nitrogens is 2. The highest BCUT2D eigenvalue weighted by Crippen LogP contribution is 2.25. The Labute approximate surface area is 152 Å². The summed E-state index contributed by atoms with van der Waals surface area (Å²) in [7, 11) is 2.09. The maximum atomic E-state index is 5.44. The fourth-order valence-electron chi connectivity index (χ4n) is 2.50. The van der Waals surface area contributed by atoms with Crippen molar-refractivity contribution in [3.8, 4) is 5.75 Å². The number of likely N-dealkylation sites (N-methyl/N-ethyl adjacent to an activating group) is 1. The minimum Gasteiger partial charge on any atom is -0.494 e. The highest BCUT2D eigenvalue weighted by molar-refractivity contribution is 7.98. The summed E-state index contributed by atoms with van der Waals surface area (Å²) in [5.41, 5.74) is 0. The van der Waals surface area contributed by atoms with E-state index in [9.17, 15) is 0 Å². The van der Waals surface area contributed by atoms with Crippen LogP contribution in [0.3, 0.4) is 0 Å². The zero-order valence-corrected chi connectivity index (χ0v) is 15.5. The van der Waals surface area contributed by atoms with Crippen LogP contribution in [-0.4, -0.2) is 48.3 Å². The number of piperazine rings is 1. The number of hydrogen-bond donors (Lipinski definition) is 1. The molecule has 2 heterocycles. The van der Waals surface area contributed by atoms with Crippen LogP contribution in [0.1, 0.15) is 24.7 Å². The summed E-state index contributed by atoms with van der Waals surface area (Å²) in [4.78, 5) is 7.95. The van der Waals surface area contributed by atoms with Gasteiger partial charge < -0.3 is 14.6 Å². The lowest BCUT2D eigenvalue weighted by atomic mass is 10.2. The second-order valence-electron chi connectivity index (χ2n) is 5.44. The van der Waals surface area contributed by atoms with E-state index in [1.54, 1.807) is 11.8 Å². The van der Waals surface area contributed by atoms with Crippen molar-refractivity contribution in [1.82, 2.24) is 20.4 Å². The molecule has 8 heteroatoms. The Balaban J connectivity index is 0.00000208. The van der Waals surface area contributed by atoms with Crippen LogP contribution in [-0.2, 0) is 5.75 Å². The van der Waals surface area contributed by atoms with Gasteiger partial charge in [0, 0.05) is 24.5 Å². The predicted molar refractivity (Wildman–Crippen MR) is 97.0 cm³/mol. The second-order valence-corrected chi connectivity index (χ2v) is 6.49. The molecule has 0 bridgehead atoms. The van der Waals surface area contributed by atoms with Crippen LogP contribution in [0.15, 0.2) is 33.7 Å². The SMILES string of the molecule is CCOc1ccc(SCc2nc(C3CNCCN3C)no2)cc1.Cl. The number of halogens is 1. The molecule has 1 fully saturated rings. The van der Waals surface area contributed by atoms with Gasteiger partial charge in [0.2, 0.25) is 5.89 Å². The van der Waals surface area contributed by atoms with Crippen molar-refractivity contribution in [1.29, 1.82) is 0 Å². The predicted octanol–water partition coefficient (Wildman–Crippen LogP) is 2.76. The lowest BCUT2D eigenvalue weighted by Crippen LogP contribution is -2.44. The molecule has 0 aliphatic carbocycles. The van der Waals surface area contributed by atoms with Crippen molar-refractivity contribution in [2.45, 2.75) is 23.6 Å². The Kier molecular flexibility index (Phi) is 7.36. The van der Waals surface area contributed by atoms with Crippen molar-refractivity contribution < 1.29 is 9.26 Å². The van der Waals surface area contributed by atoms with Crippen molar-refractivity contribution in [2.75, 3.05) is 33.3 Å². The van der Waals surface area contributed by atoms with Gasteiger partial charge in [0.05, 0.1) is 18.4 Å². The molecule has 1 aliphatic heterocycles. The molecule has 0 radical (unpaired) electrons. The zero-order valence-electron chi connectivity index (χ0n) is 13.9. The lowest BCUT2D eigenvalue weighted by molar-refractivity contribution is 0.190. The van der Waals surface area contributed by atoms with E-state index in [0.29, 0.717) is 18.3 Å². The number of benzene rings is 1. The number of rotatable bonds is 6. The van der Waals surface area contributed by atoms with Crippen LogP contribution in [0.2, 0.25) is 0 Å². The number of thioether (sulfide) groups is 1. The molecule has 1 aromatic carbocycles. The van der Waals surface area contributed by atoms with Crippen LogP contribution >= 0.6 is 24.2 Å². The Morgan fingerprint density at radius 3 is 2.88 bits per heavy atom. The number of hydrogen-bond acceptors (Lipinski definition) is 7. The third-order valence-corrected chi connectivity index (χ3v) is 4.79. The zero-order chi connectivity index (χ0) is 16.1. The fourth-order valence-corrected chi connectivity index (χ4v) is 3.24. The third kappa shape index (κ3) is 4.86. The number of nitrogens with zero attached hydrogens (tertiary/aromatic N) is 3. The second kappa shape index (κ2) is 9.27. The normalized spacial score (nSPS) is 18.2. The van der Waals surface area contributed by atoms with Crippen LogP contribution in [0.25, 0.3) is 0 Å². The number of nitrogens with one attached hydrogen (secondary N) is 1. The average Bonchev–Trinajstić information content (AvgIpc) is 3.04. The molecule has 1 unspecified atom stereocenters. The Bertz CT molecular complexity index is 623. The molecule has 24 heavy (non-hydrogen) atoms. The lowest BCUT2D eigenvalue weighted by Gasteiger charge is -2.30. The summed E-state index contributed by atoms with van der Waals surface area (Å²) >= 11 is 1.68. The maximum absolute atomic E-state index is 5.44. The topological polar surface area (TPSA) is 63.4 Å². The largest absolute Gasteiger partial charge is 0.494 e. The van der Waals surface area contributed by atoms with Gasteiger partial charge >= 0.3 is 0 Å². The van der Waals surface area contributed by atoms with Gasteiger partial charge in [0.1, 0.15) is 5.75 Å². The molecule has 0 amide bonds. The van der Waals surface area contributed by atoms with Gasteiger partial charge in [-0.1, -0.05) is 5.16 Å². The van der Waals surface area contributed by atoms with E-state index >= 15 is 0 Å². The van der Waals surface area contributed by atoms with E-state index in [-0.39, 0.29) is 18.4 Å². The van der Waals surface area contributed by atoms with Crippen LogP contribution in [0.5, 0.6) is 5.75 Å². The molecule has 1 saturated heterocycles. The van der Waals surface area contributed by atoms with Gasteiger partial charge in [0.15, 0.2) is 5.82 Å². The first-order valence-corrected chi connectivity index (χ1v) is 8.84. The molecule has 1 aromatic heterocycles. The fraction of sp³-hybridized carbons (Fsp3) is 0.500. The summed E-state index contributed by atoms with van der Waals surface area (Å²) in [6, 6.07) is 8.25. The smallest absolute Gasteiger partial charge is 0.237 e. The van der Waals surface area contributed by atoms with Crippen molar-refractivity contribution in [3.63, 3.8) is 0 Å². The Morgan fingerprint density at radius 1 is 1.38 bits per heavy atom. The highest BCUT2D eigenvalue weighted by atomic mass is 35.5. The summed E-state index contributed by atoms with van der Waals surface area (Å²) in [6.45, 7) is 5.53. The minimum absolute atomic E-state index is 0. The summed E-state index contributed by atoms with van der Waals surface area (Å²) < 4.78 is 10.8. The Morgan fingerprint density at radius 2 is 2.17 bits per heavy atom. The molecule has 0 spiro atoms. The van der Waals surface area contributed by atoms with E-state index in [1.165, 1.54) is 0 Å². The van der Waals surface area contributed by atoms with Crippen LogP contribution in [0, 0.1) is 0 Å². The van der Waals surface area contributed by atoms with E-state index in [1.807, 2.05) is 31.2 Å². The molecule has 2 aromatic rings. The molecule has 132 valence electrons. The molecule has 1 atom stereocenters. The minimum atomic E-state index is 0. The van der Waals surface area contributed by atoms with Gasteiger partial charge in [-0.15, -0.1) is 24.2 Å². The molecular weight excluding hydrogens is 348 g/mol. The third-order valence-electron chi connectivity index (χ3n) is 3.79.